The Labute approximate surface area is 63.4 Å². The molecule has 1 atom stereocenters. The van der Waals surface area contributed by atoms with Crippen molar-refractivity contribution in [2.45, 2.75) is 25.5 Å². The summed E-state index contributed by atoms with van der Waals surface area (Å²) >= 11 is -1.38. The summed E-state index contributed by atoms with van der Waals surface area (Å²) < 4.78 is 26.7. The predicted molar refractivity (Wildman–Crippen MR) is 39.8 cm³/mol. The molecule has 0 aromatic rings. The van der Waals surface area contributed by atoms with Crippen LogP contribution in [0.5, 0.6) is 0 Å². The van der Waals surface area contributed by atoms with Crippen LogP contribution in [0.2, 0.25) is 0 Å². The first-order chi connectivity index (χ1) is 4.48. The van der Waals surface area contributed by atoms with Crippen molar-refractivity contribution in [2.24, 2.45) is 0 Å². The van der Waals surface area contributed by atoms with Gasteiger partial charge in [-0.05, 0) is 20.8 Å². The number of rotatable bonds is 3. The standard InChI is InChI=1S/C6H13FO2S/c1-6(2,3)10(8)9-5-4-7/h4-5H2,1-3H3/t10-/m1/s1. The highest BCUT2D eigenvalue weighted by Gasteiger charge is 2.19. The van der Waals surface area contributed by atoms with Crippen LogP contribution in [0.3, 0.4) is 0 Å². The molecule has 0 fully saturated rings. The fourth-order valence-corrected chi connectivity index (χ4v) is 0.852. The van der Waals surface area contributed by atoms with Gasteiger partial charge < -0.3 is 0 Å². The van der Waals surface area contributed by atoms with Crippen LogP contribution in [0.1, 0.15) is 20.8 Å². The molecule has 0 saturated carbocycles. The van der Waals surface area contributed by atoms with Gasteiger partial charge in [0.15, 0.2) is 11.1 Å². The summed E-state index contributed by atoms with van der Waals surface area (Å²) in [5, 5.41) is 0. The molecular weight excluding hydrogens is 155 g/mol. The predicted octanol–water partition coefficient (Wildman–Crippen LogP) is 1.43. The van der Waals surface area contributed by atoms with Crippen molar-refractivity contribution in [3.63, 3.8) is 0 Å². The highest BCUT2D eigenvalue weighted by atomic mass is 32.2. The minimum absolute atomic E-state index is 0.0795. The van der Waals surface area contributed by atoms with Crippen molar-refractivity contribution in [3.8, 4) is 0 Å². The van der Waals surface area contributed by atoms with E-state index in [9.17, 15) is 8.60 Å². The normalized spacial score (nSPS) is 15.2. The SMILES string of the molecule is CC(C)(C)[S@](=O)OCCF. The van der Waals surface area contributed by atoms with Crippen LogP contribution in [0, 0.1) is 0 Å². The van der Waals surface area contributed by atoms with E-state index in [1.165, 1.54) is 0 Å². The van der Waals surface area contributed by atoms with Crippen molar-refractivity contribution in [3.05, 3.63) is 0 Å². The maximum atomic E-state index is 11.5. The van der Waals surface area contributed by atoms with Gasteiger partial charge >= 0.3 is 0 Å². The minimum Gasteiger partial charge on any atom is -0.287 e. The molecule has 0 radical (unpaired) electrons. The van der Waals surface area contributed by atoms with Gasteiger partial charge in [-0.25, -0.2) is 8.60 Å². The van der Waals surface area contributed by atoms with Crippen molar-refractivity contribution >= 4 is 11.1 Å². The van der Waals surface area contributed by atoms with Gasteiger partial charge in [0.05, 0.1) is 11.4 Å². The molecule has 0 aromatic heterocycles. The van der Waals surface area contributed by atoms with Crippen LogP contribution in [0.15, 0.2) is 0 Å². The first-order valence-corrected chi connectivity index (χ1v) is 4.17. The van der Waals surface area contributed by atoms with Gasteiger partial charge in [-0.1, -0.05) is 0 Å². The van der Waals surface area contributed by atoms with E-state index in [1.807, 2.05) is 0 Å². The number of halogens is 1. The van der Waals surface area contributed by atoms with E-state index in [0.717, 1.165) is 0 Å². The number of hydrogen-bond donors (Lipinski definition) is 0. The summed E-state index contributed by atoms with van der Waals surface area (Å²) in [6.07, 6.45) is 0. The van der Waals surface area contributed by atoms with Gasteiger partial charge in [-0.2, -0.15) is 0 Å². The molecule has 0 rings (SSSR count). The molecule has 0 unspecified atom stereocenters. The zero-order chi connectivity index (χ0) is 8.20. The molecule has 0 N–H and O–H groups in total. The summed E-state index contributed by atoms with van der Waals surface area (Å²) in [5.41, 5.74) is 0. The van der Waals surface area contributed by atoms with Crippen LogP contribution in [-0.2, 0) is 15.3 Å². The molecule has 0 aliphatic carbocycles. The lowest BCUT2D eigenvalue weighted by Crippen LogP contribution is -2.24. The fraction of sp³-hybridized carbons (Fsp3) is 1.00. The molecule has 0 bridgehead atoms. The highest BCUT2D eigenvalue weighted by Crippen LogP contribution is 2.11. The van der Waals surface area contributed by atoms with Gasteiger partial charge in [0.25, 0.3) is 0 Å². The van der Waals surface area contributed by atoms with Crippen molar-refractivity contribution in [1.29, 1.82) is 0 Å². The zero-order valence-electron chi connectivity index (χ0n) is 6.52. The van der Waals surface area contributed by atoms with E-state index in [-0.39, 0.29) is 6.61 Å². The lowest BCUT2D eigenvalue weighted by atomic mass is 10.3. The van der Waals surface area contributed by atoms with Crippen molar-refractivity contribution in [2.75, 3.05) is 13.3 Å². The first-order valence-electron chi connectivity index (χ1n) is 3.09. The zero-order valence-corrected chi connectivity index (χ0v) is 7.33. The minimum atomic E-state index is -1.38. The van der Waals surface area contributed by atoms with E-state index < -0.39 is 22.5 Å². The van der Waals surface area contributed by atoms with Crippen molar-refractivity contribution in [1.82, 2.24) is 0 Å². The Hall–Kier alpha value is 0.0400. The summed E-state index contributed by atoms with van der Waals surface area (Å²) in [6.45, 7) is 4.68. The first kappa shape index (κ1) is 10.0. The summed E-state index contributed by atoms with van der Waals surface area (Å²) in [7, 11) is 0. The van der Waals surface area contributed by atoms with Gasteiger partial charge in [0.1, 0.15) is 6.67 Å². The average Bonchev–Trinajstić information content (AvgIpc) is 1.80. The maximum absolute atomic E-state index is 11.5. The van der Waals surface area contributed by atoms with E-state index in [2.05, 4.69) is 4.18 Å². The molecular formula is C6H13FO2S. The molecule has 10 heavy (non-hydrogen) atoms. The van der Waals surface area contributed by atoms with Crippen LogP contribution >= 0.6 is 0 Å². The maximum Gasteiger partial charge on any atom is 0.161 e. The molecule has 4 heteroatoms. The fourth-order valence-electron chi connectivity index (χ4n) is 0.284. The quantitative estimate of drug-likeness (QED) is 0.637. The molecule has 0 saturated heterocycles. The Bertz CT molecular complexity index is 119. The average molecular weight is 168 g/mol. The largest absolute Gasteiger partial charge is 0.287 e. The molecule has 0 spiro atoms. The van der Waals surface area contributed by atoms with Crippen LogP contribution in [0.25, 0.3) is 0 Å². The summed E-state index contributed by atoms with van der Waals surface area (Å²) in [6, 6.07) is 0. The summed E-state index contributed by atoms with van der Waals surface area (Å²) in [4.78, 5) is 0. The Balaban J connectivity index is 3.64. The summed E-state index contributed by atoms with van der Waals surface area (Å²) in [5.74, 6) is 0. The molecule has 0 aliphatic rings. The Morgan fingerprint density at radius 3 is 2.30 bits per heavy atom. The second-order valence-electron chi connectivity index (χ2n) is 2.86. The van der Waals surface area contributed by atoms with Gasteiger partial charge in [0, 0.05) is 0 Å². The van der Waals surface area contributed by atoms with Gasteiger partial charge in [-0.3, -0.25) is 4.18 Å². The molecule has 62 valence electrons. The van der Waals surface area contributed by atoms with Gasteiger partial charge in [0.2, 0.25) is 0 Å². The van der Waals surface area contributed by atoms with E-state index >= 15 is 0 Å². The lowest BCUT2D eigenvalue weighted by Gasteiger charge is -2.15. The second kappa shape index (κ2) is 4.03. The van der Waals surface area contributed by atoms with Gasteiger partial charge in [-0.15, -0.1) is 0 Å². The second-order valence-corrected chi connectivity index (χ2v) is 4.79. The van der Waals surface area contributed by atoms with E-state index in [0.29, 0.717) is 0 Å². The third kappa shape index (κ3) is 3.95. The Kier molecular flexibility index (Phi) is 4.05. The topological polar surface area (TPSA) is 26.3 Å². The van der Waals surface area contributed by atoms with E-state index in [1.54, 1.807) is 20.8 Å². The third-order valence-corrected chi connectivity index (χ3v) is 2.15. The third-order valence-electron chi connectivity index (χ3n) is 0.768. The monoisotopic (exact) mass is 168 g/mol. The number of alkyl halides is 1. The van der Waals surface area contributed by atoms with Crippen LogP contribution in [-0.4, -0.2) is 22.2 Å². The molecule has 2 nitrogen and oxygen atoms in total. The lowest BCUT2D eigenvalue weighted by molar-refractivity contribution is 0.289. The Morgan fingerprint density at radius 2 is 2.00 bits per heavy atom. The van der Waals surface area contributed by atoms with Crippen LogP contribution < -0.4 is 0 Å². The number of hydrogen-bond acceptors (Lipinski definition) is 2. The van der Waals surface area contributed by atoms with Crippen LogP contribution in [0.4, 0.5) is 4.39 Å². The molecule has 0 aromatic carbocycles. The van der Waals surface area contributed by atoms with Crippen molar-refractivity contribution < 1.29 is 12.8 Å². The molecule has 0 amide bonds. The molecule has 0 aliphatic heterocycles. The highest BCUT2D eigenvalue weighted by molar-refractivity contribution is 7.81. The molecule has 0 heterocycles. The van der Waals surface area contributed by atoms with E-state index in [4.69, 9.17) is 0 Å². The smallest absolute Gasteiger partial charge is 0.161 e. The Morgan fingerprint density at radius 1 is 1.50 bits per heavy atom.